The van der Waals surface area contributed by atoms with Crippen LogP contribution in [-0.2, 0) is 27.5 Å². The molecular formula is C19H22N4O3S. The first-order valence-electron chi connectivity index (χ1n) is 9.11. The van der Waals surface area contributed by atoms with Crippen molar-refractivity contribution in [1.29, 1.82) is 0 Å². The number of hydrogen-bond donors (Lipinski definition) is 1. The Morgan fingerprint density at radius 1 is 1.22 bits per heavy atom. The second-order valence-electron chi connectivity index (χ2n) is 7.20. The summed E-state index contributed by atoms with van der Waals surface area (Å²) in [5, 5.41) is 0. The molecule has 1 aromatic heterocycles. The van der Waals surface area contributed by atoms with Crippen molar-refractivity contribution in [2.75, 3.05) is 17.7 Å². The maximum atomic E-state index is 12.0. The van der Waals surface area contributed by atoms with Crippen LogP contribution >= 0.6 is 0 Å². The van der Waals surface area contributed by atoms with Crippen LogP contribution in [0.4, 0.5) is 5.95 Å². The van der Waals surface area contributed by atoms with E-state index in [1.807, 2.05) is 11.0 Å². The van der Waals surface area contributed by atoms with E-state index in [-0.39, 0.29) is 16.8 Å². The highest BCUT2D eigenvalue weighted by Crippen LogP contribution is 2.34. The van der Waals surface area contributed by atoms with Gasteiger partial charge in [0.25, 0.3) is 0 Å². The third kappa shape index (κ3) is 3.29. The topological polar surface area (TPSA) is 106 Å². The van der Waals surface area contributed by atoms with Crippen molar-refractivity contribution in [3.8, 4) is 11.3 Å². The summed E-state index contributed by atoms with van der Waals surface area (Å²) in [6.07, 6.45) is 5.49. The molecule has 0 bridgehead atoms. The minimum absolute atomic E-state index is 0.267. The standard InChI is InChI=1S/C19H22N4O3S/c1-27(25,26)13-6-2-5-12(11-13)17-14-7-3-8-15(14)21-19(22-17)23-10-4-9-16(23)18(20)24/h2,5-6,11,16H,3-4,7-10H2,1H3,(H2,20,24)/t16-/m1/s1. The van der Waals surface area contributed by atoms with E-state index in [2.05, 4.69) is 0 Å². The number of carbonyl (C=O) groups excluding carboxylic acids is 1. The molecule has 1 aromatic carbocycles. The fraction of sp³-hybridized carbons (Fsp3) is 0.421. The number of fused-ring (bicyclic) bond motifs is 1. The Labute approximate surface area is 158 Å². The summed E-state index contributed by atoms with van der Waals surface area (Å²) in [6, 6.07) is 6.46. The van der Waals surface area contributed by atoms with Crippen LogP contribution in [0.25, 0.3) is 11.3 Å². The minimum Gasteiger partial charge on any atom is -0.368 e. The summed E-state index contributed by atoms with van der Waals surface area (Å²) in [6.45, 7) is 0.690. The highest BCUT2D eigenvalue weighted by atomic mass is 32.2. The molecule has 2 aliphatic rings. The van der Waals surface area contributed by atoms with Crippen LogP contribution < -0.4 is 10.6 Å². The SMILES string of the molecule is CS(=O)(=O)c1cccc(-c2nc(N3CCC[C@@H]3C(N)=O)nc3c2CCC3)c1. The molecule has 7 nitrogen and oxygen atoms in total. The van der Waals surface area contributed by atoms with E-state index >= 15 is 0 Å². The monoisotopic (exact) mass is 386 g/mol. The van der Waals surface area contributed by atoms with Gasteiger partial charge in [0.15, 0.2) is 9.84 Å². The number of nitrogens with zero attached hydrogens (tertiary/aromatic N) is 3. The fourth-order valence-electron chi connectivity index (χ4n) is 3.96. The van der Waals surface area contributed by atoms with Gasteiger partial charge in [-0.15, -0.1) is 0 Å². The van der Waals surface area contributed by atoms with E-state index in [0.717, 1.165) is 48.2 Å². The Bertz CT molecular complexity index is 1020. The van der Waals surface area contributed by atoms with Gasteiger partial charge in [-0.1, -0.05) is 12.1 Å². The predicted octanol–water partition coefficient (Wildman–Crippen LogP) is 1.49. The quantitative estimate of drug-likeness (QED) is 0.853. The number of anilines is 1. The zero-order valence-corrected chi connectivity index (χ0v) is 16.0. The maximum Gasteiger partial charge on any atom is 0.240 e. The van der Waals surface area contributed by atoms with Crippen molar-refractivity contribution >= 4 is 21.7 Å². The molecule has 1 fully saturated rings. The van der Waals surface area contributed by atoms with Crippen molar-refractivity contribution in [2.45, 2.75) is 43.0 Å². The lowest BCUT2D eigenvalue weighted by atomic mass is 10.1. The van der Waals surface area contributed by atoms with E-state index in [1.165, 1.54) is 6.26 Å². The van der Waals surface area contributed by atoms with Gasteiger partial charge in [0, 0.05) is 29.6 Å². The van der Waals surface area contributed by atoms with Crippen molar-refractivity contribution in [3.63, 3.8) is 0 Å². The summed E-state index contributed by atoms with van der Waals surface area (Å²) < 4.78 is 23.9. The summed E-state index contributed by atoms with van der Waals surface area (Å²) in [5.41, 5.74) is 9.12. The van der Waals surface area contributed by atoms with Crippen molar-refractivity contribution in [2.24, 2.45) is 5.73 Å². The lowest BCUT2D eigenvalue weighted by molar-refractivity contribution is -0.119. The van der Waals surface area contributed by atoms with Gasteiger partial charge in [-0.2, -0.15) is 0 Å². The molecule has 142 valence electrons. The Morgan fingerprint density at radius 3 is 2.78 bits per heavy atom. The Balaban J connectivity index is 1.84. The molecule has 1 aliphatic heterocycles. The van der Waals surface area contributed by atoms with Crippen LogP contribution in [-0.4, -0.2) is 43.1 Å². The summed E-state index contributed by atoms with van der Waals surface area (Å²) in [4.78, 5) is 23.4. The predicted molar refractivity (Wildman–Crippen MR) is 102 cm³/mol. The third-order valence-corrected chi connectivity index (χ3v) is 6.41. The average Bonchev–Trinajstić information content (AvgIpc) is 3.29. The number of aryl methyl sites for hydroxylation is 1. The van der Waals surface area contributed by atoms with Crippen LogP contribution in [0, 0.1) is 0 Å². The molecule has 27 heavy (non-hydrogen) atoms. The normalized spacial score (nSPS) is 19.3. The van der Waals surface area contributed by atoms with Gasteiger partial charge >= 0.3 is 0 Å². The largest absolute Gasteiger partial charge is 0.368 e. The number of rotatable bonds is 4. The summed E-state index contributed by atoms with van der Waals surface area (Å²) in [7, 11) is -3.31. The first-order valence-corrected chi connectivity index (χ1v) is 11.0. The summed E-state index contributed by atoms with van der Waals surface area (Å²) in [5.74, 6) is 0.147. The molecule has 0 radical (unpaired) electrons. The smallest absolute Gasteiger partial charge is 0.240 e. The van der Waals surface area contributed by atoms with Crippen molar-refractivity contribution < 1.29 is 13.2 Å². The van der Waals surface area contributed by atoms with Gasteiger partial charge in [-0.3, -0.25) is 4.79 Å². The lowest BCUT2D eigenvalue weighted by Gasteiger charge is -2.23. The molecule has 0 unspecified atom stereocenters. The number of amides is 1. The van der Waals surface area contributed by atoms with Crippen LogP contribution in [0.15, 0.2) is 29.2 Å². The molecule has 2 N–H and O–H groups in total. The molecule has 1 saturated heterocycles. The summed E-state index contributed by atoms with van der Waals surface area (Å²) >= 11 is 0. The first kappa shape index (κ1) is 17.9. The van der Waals surface area contributed by atoms with E-state index < -0.39 is 9.84 Å². The number of nitrogens with two attached hydrogens (primary N) is 1. The third-order valence-electron chi connectivity index (χ3n) is 5.30. The zero-order valence-electron chi connectivity index (χ0n) is 15.2. The van der Waals surface area contributed by atoms with E-state index in [9.17, 15) is 13.2 Å². The molecule has 2 heterocycles. The molecule has 1 atom stereocenters. The minimum atomic E-state index is -3.31. The molecule has 8 heteroatoms. The van der Waals surface area contributed by atoms with Gasteiger partial charge in [-0.25, -0.2) is 18.4 Å². The zero-order chi connectivity index (χ0) is 19.2. The molecule has 0 spiro atoms. The van der Waals surface area contributed by atoms with Crippen LogP contribution in [0.2, 0.25) is 0 Å². The van der Waals surface area contributed by atoms with Gasteiger partial charge in [0.2, 0.25) is 11.9 Å². The van der Waals surface area contributed by atoms with Crippen molar-refractivity contribution in [1.82, 2.24) is 9.97 Å². The van der Waals surface area contributed by atoms with E-state index in [4.69, 9.17) is 15.7 Å². The Hall–Kier alpha value is -2.48. The van der Waals surface area contributed by atoms with Crippen LogP contribution in [0.5, 0.6) is 0 Å². The van der Waals surface area contributed by atoms with Crippen LogP contribution in [0.1, 0.15) is 30.5 Å². The lowest BCUT2D eigenvalue weighted by Crippen LogP contribution is -2.41. The Morgan fingerprint density at radius 2 is 2.04 bits per heavy atom. The highest BCUT2D eigenvalue weighted by Gasteiger charge is 2.32. The van der Waals surface area contributed by atoms with Gasteiger partial charge in [0.1, 0.15) is 6.04 Å². The maximum absolute atomic E-state index is 12.0. The number of carbonyl (C=O) groups is 1. The molecule has 1 amide bonds. The molecule has 1 aliphatic carbocycles. The molecule has 0 saturated carbocycles. The molecule has 2 aromatic rings. The van der Waals surface area contributed by atoms with E-state index in [0.29, 0.717) is 18.9 Å². The van der Waals surface area contributed by atoms with Gasteiger partial charge in [-0.05, 0) is 44.2 Å². The van der Waals surface area contributed by atoms with Crippen LogP contribution in [0.3, 0.4) is 0 Å². The number of sulfone groups is 1. The number of hydrogen-bond acceptors (Lipinski definition) is 6. The Kier molecular flexibility index (Phi) is 4.38. The average molecular weight is 386 g/mol. The van der Waals surface area contributed by atoms with E-state index in [1.54, 1.807) is 18.2 Å². The van der Waals surface area contributed by atoms with Gasteiger partial charge in [0.05, 0.1) is 10.6 Å². The number of benzene rings is 1. The van der Waals surface area contributed by atoms with Crippen molar-refractivity contribution in [3.05, 3.63) is 35.5 Å². The molecule has 4 rings (SSSR count). The number of primary amides is 1. The van der Waals surface area contributed by atoms with Gasteiger partial charge < -0.3 is 10.6 Å². The highest BCUT2D eigenvalue weighted by molar-refractivity contribution is 7.90. The molecular weight excluding hydrogens is 364 g/mol. The first-order chi connectivity index (χ1) is 12.8. The second kappa shape index (κ2) is 6.60. The fourth-order valence-corrected chi connectivity index (χ4v) is 4.63. The number of aromatic nitrogens is 2. The second-order valence-corrected chi connectivity index (χ2v) is 9.22.